The van der Waals surface area contributed by atoms with E-state index >= 15 is 0 Å². The Morgan fingerprint density at radius 3 is 3.00 bits per heavy atom. The quantitative estimate of drug-likeness (QED) is 0.864. The summed E-state index contributed by atoms with van der Waals surface area (Å²) in [5.74, 6) is -0.305. The normalized spacial score (nSPS) is 21.4. The number of aromatic amines is 1. The summed E-state index contributed by atoms with van der Waals surface area (Å²) in [5.41, 5.74) is 1.91. The molecule has 0 aliphatic carbocycles. The zero-order valence-electron chi connectivity index (χ0n) is 12.5. The smallest absolute Gasteiger partial charge is 0.255 e. The molecule has 2 N–H and O–H groups in total. The van der Waals surface area contributed by atoms with Crippen LogP contribution >= 0.6 is 0 Å². The lowest BCUT2D eigenvalue weighted by Gasteiger charge is -2.16. The number of nitrogens with zero attached hydrogens (tertiary/aromatic N) is 4. The highest BCUT2D eigenvalue weighted by Gasteiger charge is 2.33. The number of nitrogens with one attached hydrogen (secondary N) is 1. The molecule has 2 atom stereocenters. The number of aliphatic hydroxyl groups excluding tert-OH is 1. The van der Waals surface area contributed by atoms with Crippen LogP contribution in [0.25, 0.3) is 0 Å². The van der Waals surface area contributed by atoms with Crippen LogP contribution in [-0.4, -0.2) is 51.6 Å². The van der Waals surface area contributed by atoms with Gasteiger partial charge in [0.1, 0.15) is 0 Å². The predicted octanol–water partition coefficient (Wildman–Crippen LogP) is 0.696. The van der Waals surface area contributed by atoms with Crippen molar-refractivity contribution in [2.75, 3.05) is 25.1 Å². The van der Waals surface area contributed by atoms with E-state index in [4.69, 9.17) is 4.74 Å². The molecule has 0 amide bonds. The van der Waals surface area contributed by atoms with Gasteiger partial charge in [0.25, 0.3) is 5.88 Å². The summed E-state index contributed by atoms with van der Waals surface area (Å²) < 4.78 is 18.2. The number of H-pyrrole nitrogens is 1. The zero-order chi connectivity index (χ0) is 15.7. The first-order valence-corrected chi connectivity index (χ1v) is 7.07. The third-order valence-corrected chi connectivity index (χ3v) is 3.81. The number of hydrogen-bond donors (Lipinski definition) is 2. The first-order valence-electron chi connectivity index (χ1n) is 7.07. The molecule has 1 aliphatic rings. The zero-order valence-corrected chi connectivity index (χ0v) is 12.5. The van der Waals surface area contributed by atoms with Gasteiger partial charge in [-0.15, -0.1) is 0 Å². The highest BCUT2D eigenvalue weighted by Crippen LogP contribution is 2.25. The molecular weight excluding hydrogens is 289 g/mol. The van der Waals surface area contributed by atoms with E-state index in [0.29, 0.717) is 25.5 Å². The minimum absolute atomic E-state index is 0.0300. The molecule has 3 rings (SSSR count). The third-order valence-electron chi connectivity index (χ3n) is 3.81. The Hall–Kier alpha value is -2.22. The average Bonchev–Trinajstić information content (AvgIpc) is 3.06. The minimum atomic E-state index is -0.602. The summed E-state index contributed by atoms with van der Waals surface area (Å²) >= 11 is 0. The Labute approximate surface area is 127 Å². The van der Waals surface area contributed by atoms with E-state index in [1.807, 2.05) is 17.9 Å². The summed E-state index contributed by atoms with van der Waals surface area (Å²) in [5, 5.41) is 17.3. The van der Waals surface area contributed by atoms with E-state index in [0.717, 1.165) is 17.6 Å². The minimum Gasteiger partial charge on any atom is -0.479 e. The lowest BCUT2D eigenvalue weighted by molar-refractivity contribution is 0.147. The van der Waals surface area contributed by atoms with Crippen molar-refractivity contribution in [3.8, 4) is 5.88 Å². The molecule has 7 nitrogen and oxygen atoms in total. The van der Waals surface area contributed by atoms with Crippen molar-refractivity contribution < 1.29 is 14.2 Å². The number of halogens is 1. The second-order valence-electron chi connectivity index (χ2n) is 5.51. The lowest BCUT2D eigenvalue weighted by atomic mass is 10.0. The molecule has 1 aliphatic heterocycles. The van der Waals surface area contributed by atoms with E-state index in [9.17, 15) is 9.50 Å². The van der Waals surface area contributed by atoms with Crippen LogP contribution in [0, 0.1) is 18.7 Å². The summed E-state index contributed by atoms with van der Waals surface area (Å²) in [7, 11) is 1.36. The van der Waals surface area contributed by atoms with Crippen LogP contribution < -0.4 is 9.64 Å². The molecule has 0 aromatic carbocycles. The molecule has 0 radical (unpaired) electrons. The van der Waals surface area contributed by atoms with Crippen molar-refractivity contribution in [2.24, 2.45) is 5.92 Å². The fourth-order valence-electron chi connectivity index (χ4n) is 2.70. The van der Waals surface area contributed by atoms with Gasteiger partial charge in [0.05, 0.1) is 25.1 Å². The van der Waals surface area contributed by atoms with Crippen LogP contribution in [0.3, 0.4) is 0 Å². The molecule has 2 aromatic heterocycles. The molecule has 2 aromatic rings. The maximum atomic E-state index is 13.4. The van der Waals surface area contributed by atoms with Gasteiger partial charge in [0, 0.05) is 24.7 Å². The number of aliphatic hydroxyl groups is 1. The number of rotatable bonds is 4. The topological polar surface area (TPSA) is 87.2 Å². The number of ether oxygens (including phenoxy) is 1. The van der Waals surface area contributed by atoms with Crippen LogP contribution in [0.15, 0.2) is 12.3 Å². The summed E-state index contributed by atoms with van der Waals surface area (Å²) in [4.78, 5) is 9.84. The van der Waals surface area contributed by atoms with E-state index in [-0.39, 0.29) is 11.8 Å². The molecular formula is C14H18FN5O2. The molecule has 8 heteroatoms. The molecule has 0 spiro atoms. The fourth-order valence-corrected chi connectivity index (χ4v) is 2.70. The third kappa shape index (κ3) is 2.87. The van der Waals surface area contributed by atoms with Crippen molar-refractivity contribution in [1.82, 2.24) is 20.2 Å². The monoisotopic (exact) mass is 307 g/mol. The second kappa shape index (κ2) is 5.88. The van der Waals surface area contributed by atoms with Gasteiger partial charge < -0.3 is 14.7 Å². The molecule has 0 saturated carbocycles. The second-order valence-corrected chi connectivity index (χ2v) is 5.51. The van der Waals surface area contributed by atoms with E-state index in [1.165, 1.54) is 7.11 Å². The van der Waals surface area contributed by atoms with Crippen LogP contribution in [0.2, 0.25) is 0 Å². The van der Waals surface area contributed by atoms with Crippen molar-refractivity contribution >= 4 is 5.95 Å². The van der Waals surface area contributed by atoms with Gasteiger partial charge >= 0.3 is 0 Å². The number of aromatic nitrogens is 4. The lowest BCUT2D eigenvalue weighted by Crippen LogP contribution is -2.23. The fraction of sp³-hybridized carbons (Fsp3) is 0.500. The van der Waals surface area contributed by atoms with Gasteiger partial charge in [-0.3, -0.25) is 5.10 Å². The van der Waals surface area contributed by atoms with Crippen molar-refractivity contribution in [3.63, 3.8) is 0 Å². The first-order chi connectivity index (χ1) is 10.6. The number of anilines is 1. The molecule has 3 heterocycles. The van der Waals surface area contributed by atoms with Gasteiger partial charge in [-0.25, -0.2) is 4.98 Å². The van der Waals surface area contributed by atoms with Crippen molar-refractivity contribution in [1.29, 1.82) is 0 Å². The Morgan fingerprint density at radius 2 is 2.32 bits per heavy atom. The number of hydrogen-bond acceptors (Lipinski definition) is 6. The molecule has 0 bridgehead atoms. The molecule has 0 unspecified atom stereocenters. The van der Waals surface area contributed by atoms with Crippen LogP contribution in [0.1, 0.15) is 11.4 Å². The van der Waals surface area contributed by atoms with E-state index in [1.54, 1.807) is 0 Å². The Morgan fingerprint density at radius 1 is 1.50 bits per heavy atom. The van der Waals surface area contributed by atoms with Crippen molar-refractivity contribution in [3.05, 3.63) is 29.5 Å². The SMILES string of the molecule is COc1nc(N2C[C@@H](Cc3cc(C)[nH]n3)[C@H](O)C2)ncc1F. The van der Waals surface area contributed by atoms with E-state index < -0.39 is 11.9 Å². The highest BCUT2D eigenvalue weighted by molar-refractivity contribution is 5.35. The first kappa shape index (κ1) is 14.7. The van der Waals surface area contributed by atoms with Gasteiger partial charge in [-0.2, -0.15) is 14.5 Å². The number of methoxy groups -OCH3 is 1. The Balaban J connectivity index is 1.72. The largest absolute Gasteiger partial charge is 0.479 e. The van der Waals surface area contributed by atoms with Gasteiger partial charge in [-0.05, 0) is 19.4 Å². The van der Waals surface area contributed by atoms with Crippen molar-refractivity contribution in [2.45, 2.75) is 19.4 Å². The van der Waals surface area contributed by atoms with Gasteiger partial charge in [0.15, 0.2) is 0 Å². The number of aryl methyl sites for hydroxylation is 1. The maximum Gasteiger partial charge on any atom is 0.255 e. The standard InChI is InChI=1S/C14H18FN5O2/c1-8-3-10(19-18-8)4-9-6-20(7-12(9)21)14-16-5-11(15)13(17-14)22-2/h3,5,9,12,21H,4,6-7H2,1-2H3,(H,18,19)/t9-,12-/m1/s1. The molecule has 22 heavy (non-hydrogen) atoms. The predicted molar refractivity (Wildman–Crippen MR) is 77.3 cm³/mol. The maximum absolute atomic E-state index is 13.4. The Kier molecular flexibility index (Phi) is 3.93. The van der Waals surface area contributed by atoms with Crippen LogP contribution in [0.4, 0.5) is 10.3 Å². The average molecular weight is 307 g/mol. The molecule has 118 valence electrons. The Bertz CT molecular complexity index is 662. The highest BCUT2D eigenvalue weighted by atomic mass is 19.1. The molecule has 1 fully saturated rings. The van der Waals surface area contributed by atoms with Crippen LogP contribution in [0.5, 0.6) is 5.88 Å². The van der Waals surface area contributed by atoms with Crippen LogP contribution in [-0.2, 0) is 6.42 Å². The van der Waals surface area contributed by atoms with E-state index in [2.05, 4.69) is 20.2 Å². The van der Waals surface area contributed by atoms with Gasteiger partial charge in [0.2, 0.25) is 11.8 Å². The molecule has 1 saturated heterocycles. The van der Waals surface area contributed by atoms with Gasteiger partial charge in [-0.1, -0.05) is 0 Å². The number of β-amino-alcohol motifs (C(OH)–C–C–N with tert-alkyl or cyclic N) is 1. The summed E-state index contributed by atoms with van der Waals surface area (Å²) in [6.07, 6.45) is 1.25. The summed E-state index contributed by atoms with van der Waals surface area (Å²) in [6.45, 7) is 2.93. The summed E-state index contributed by atoms with van der Waals surface area (Å²) in [6, 6.07) is 1.97.